The Kier molecular flexibility index (Phi) is 3.10. The highest BCUT2D eigenvalue weighted by molar-refractivity contribution is 5.96. The van der Waals surface area contributed by atoms with Crippen LogP contribution in [0.1, 0.15) is 32.6 Å². The van der Waals surface area contributed by atoms with Crippen LogP contribution in [0.3, 0.4) is 0 Å². The van der Waals surface area contributed by atoms with Crippen LogP contribution in [-0.2, 0) is 9.53 Å². The first-order valence-electron chi connectivity index (χ1n) is 5.73. The summed E-state index contributed by atoms with van der Waals surface area (Å²) in [5.41, 5.74) is 0.709. The first-order chi connectivity index (χ1) is 7.24. The predicted molar refractivity (Wildman–Crippen MR) is 56.2 cm³/mol. The third kappa shape index (κ3) is 1.93. The highest BCUT2D eigenvalue weighted by atomic mass is 16.5. The van der Waals surface area contributed by atoms with E-state index in [-0.39, 0.29) is 11.9 Å². The summed E-state index contributed by atoms with van der Waals surface area (Å²) in [6, 6.07) is 0. The zero-order chi connectivity index (χ0) is 10.8. The second-order valence-electron chi connectivity index (χ2n) is 4.55. The van der Waals surface area contributed by atoms with Crippen molar-refractivity contribution in [1.82, 2.24) is 0 Å². The molecule has 3 atom stereocenters. The quantitative estimate of drug-likeness (QED) is 0.754. The first kappa shape index (κ1) is 10.7. The van der Waals surface area contributed by atoms with Crippen molar-refractivity contribution < 1.29 is 14.6 Å². The summed E-state index contributed by atoms with van der Waals surface area (Å²) in [6.45, 7) is 1.67. The lowest BCUT2D eigenvalue weighted by atomic mass is 9.71. The van der Waals surface area contributed by atoms with Crippen LogP contribution in [0.25, 0.3) is 0 Å². The summed E-state index contributed by atoms with van der Waals surface area (Å²) in [6.07, 6.45) is 6.41. The molecule has 0 aromatic heterocycles. The molecular formula is C12H18O3. The van der Waals surface area contributed by atoms with E-state index in [1.54, 1.807) is 6.26 Å². The van der Waals surface area contributed by atoms with Gasteiger partial charge in [-0.2, -0.15) is 0 Å². The maximum Gasteiger partial charge on any atom is 0.187 e. The van der Waals surface area contributed by atoms with E-state index in [4.69, 9.17) is 9.84 Å². The molecule has 0 bridgehead atoms. The molecule has 2 rings (SSSR count). The molecule has 0 aromatic carbocycles. The number of fused-ring (bicyclic) bond motifs is 1. The molecule has 0 aromatic rings. The van der Waals surface area contributed by atoms with E-state index in [1.807, 2.05) is 0 Å². The van der Waals surface area contributed by atoms with Gasteiger partial charge >= 0.3 is 0 Å². The van der Waals surface area contributed by atoms with Gasteiger partial charge in [0.15, 0.2) is 5.78 Å². The molecule has 1 heterocycles. The SMILES string of the molecule is CC1OC=C(C(=O)CO)[C@H]2CCCCC12. The normalized spacial score (nSPS) is 35.1. The molecule has 0 radical (unpaired) electrons. The molecule has 0 saturated heterocycles. The summed E-state index contributed by atoms with van der Waals surface area (Å²) in [5.74, 6) is 0.621. The Morgan fingerprint density at radius 1 is 1.53 bits per heavy atom. The molecule has 3 nitrogen and oxygen atoms in total. The summed E-state index contributed by atoms with van der Waals surface area (Å²) in [7, 11) is 0. The van der Waals surface area contributed by atoms with E-state index in [9.17, 15) is 4.79 Å². The number of ether oxygens (including phenoxy) is 1. The summed E-state index contributed by atoms with van der Waals surface area (Å²) < 4.78 is 5.49. The average Bonchev–Trinajstić information content (AvgIpc) is 2.29. The van der Waals surface area contributed by atoms with Gasteiger partial charge in [-0.15, -0.1) is 0 Å². The molecule has 3 heteroatoms. The van der Waals surface area contributed by atoms with Gasteiger partial charge in [0.2, 0.25) is 0 Å². The van der Waals surface area contributed by atoms with Crippen LogP contribution in [0, 0.1) is 11.8 Å². The molecule has 84 valence electrons. The van der Waals surface area contributed by atoms with Crippen molar-refractivity contribution in [3.05, 3.63) is 11.8 Å². The monoisotopic (exact) mass is 210 g/mol. The van der Waals surface area contributed by atoms with Crippen molar-refractivity contribution in [2.24, 2.45) is 11.8 Å². The lowest BCUT2D eigenvalue weighted by Crippen LogP contribution is -2.37. The number of Topliss-reactive ketones (excluding diaryl/α,β-unsaturated/α-hetero) is 1. The fourth-order valence-electron chi connectivity index (χ4n) is 2.84. The third-order valence-corrected chi connectivity index (χ3v) is 3.70. The number of carbonyl (C=O) groups excluding carboxylic acids is 1. The van der Waals surface area contributed by atoms with Crippen LogP contribution in [0.4, 0.5) is 0 Å². The van der Waals surface area contributed by atoms with Gasteiger partial charge in [-0.05, 0) is 25.7 Å². The lowest BCUT2D eigenvalue weighted by molar-refractivity contribution is -0.120. The van der Waals surface area contributed by atoms with Crippen LogP contribution in [-0.4, -0.2) is 23.6 Å². The van der Waals surface area contributed by atoms with Crippen LogP contribution >= 0.6 is 0 Å². The molecule has 1 saturated carbocycles. The van der Waals surface area contributed by atoms with Gasteiger partial charge in [0, 0.05) is 11.5 Å². The van der Waals surface area contributed by atoms with E-state index in [1.165, 1.54) is 12.8 Å². The summed E-state index contributed by atoms with van der Waals surface area (Å²) in [4.78, 5) is 11.5. The Balaban J connectivity index is 2.20. The minimum atomic E-state index is -0.396. The van der Waals surface area contributed by atoms with Crippen molar-refractivity contribution >= 4 is 5.78 Å². The Morgan fingerprint density at radius 3 is 3.00 bits per heavy atom. The maximum atomic E-state index is 11.5. The summed E-state index contributed by atoms with van der Waals surface area (Å²) >= 11 is 0. The van der Waals surface area contributed by atoms with Crippen molar-refractivity contribution in [2.75, 3.05) is 6.61 Å². The molecule has 1 fully saturated rings. The van der Waals surface area contributed by atoms with Crippen LogP contribution < -0.4 is 0 Å². The molecule has 1 aliphatic heterocycles. The topological polar surface area (TPSA) is 46.5 Å². The van der Waals surface area contributed by atoms with Crippen molar-refractivity contribution in [1.29, 1.82) is 0 Å². The second-order valence-corrected chi connectivity index (χ2v) is 4.55. The molecule has 15 heavy (non-hydrogen) atoms. The number of hydrogen-bond donors (Lipinski definition) is 1. The van der Waals surface area contributed by atoms with Crippen molar-refractivity contribution in [2.45, 2.75) is 38.7 Å². The number of hydrogen-bond acceptors (Lipinski definition) is 3. The van der Waals surface area contributed by atoms with Gasteiger partial charge in [-0.3, -0.25) is 4.79 Å². The number of carbonyl (C=O) groups is 1. The second kappa shape index (κ2) is 4.35. The minimum absolute atomic E-state index is 0.168. The Morgan fingerprint density at radius 2 is 2.27 bits per heavy atom. The molecule has 2 aliphatic rings. The Hall–Kier alpha value is -0.830. The van der Waals surface area contributed by atoms with Crippen molar-refractivity contribution in [3.63, 3.8) is 0 Å². The van der Waals surface area contributed by atoms with Crippen molar-refractivity contribution in [3.8, 4) is 0 Å². The van der Waals surface area contributed by atoms with Crippen LogP contribution in [0.15, 0.2) is 11.8 Å². The summed E-state index contributed by atoms with van der Waals surface area (Å²) in [5, 5.41) is 8.90. The van der Waals surface area contributed by atoms with E-state index in [0.717, 1.165) is 12.8 Å². The zero-order valence-corrected chi connectivity index (χ0v) is 9.11. The smallest absolute Gasteiger partial charge is 0.187 e. The van der Waals surface area contributed by atoms with E-state index in [2.05, 4.69) is 6.92 Å². The first-order valence-corrected chi connectivity index (χ1v) is 5.73. The third-order valence-electron chi connectivity index (χ3n) is 3.70. The zero-order valence-electron chi connectivity index (χ0n) is 9.11. The highest BCUT2D eigenvalue weighted by Gasteiger charge is 2.37. The molecule has 2 unspecified atom stereocenters. The lowest BCUT2D eigenvalue weighted by Gasteiger charge is -2.39. The van der Waals surface area contributed by atoms with Gasteiger partial charge < -0.3 is 9.84 Å². The van der Waals surface area contributed by atoms with Gasteiger partial charge in [0.05, 0.1) is 12.4 Å². The largest absolute Gasteiger partial charge is 0.498 e. The van der Waals surface area contributed by atoms with Gasteiger partial charge in [0.25, 0.3) is 0 Å². The maximum absolute atomic E-state index is 11.5. The Labute approximate surface area is 90.1 Å². The van der Waals surface area contributed by atoms with Gasteiger partial charge in [-0.1, -0.05) is 12.8 Å². The van der Waals surface area contributed by atoms with Gasteiger partial charge in [-0.25, -0.2) is 0 Å². The standard InChI is InChI=1S/C12H18O3/c1-8-9-4-2-3-5-10(9)11(7-15-8)12(14)6-13/h7-10,13H,2-6H2,1H3/t8?,9?,10-/m0/s1. The highest BCUT2D eigenvalue weighted by Crippen LogP contribution is 2.41. The molecule has 1 N–H and O–H groups in total. The number of aliphatic hydroxyl groups is 1. The molecular weight excluding hydrogens is 192 g/mol. The molecule has 0 spiro atoms. The van der Waals surface area contributed by atoms with E-state index in [0.29, 0.717) is 17.4 Å². The number of rotatable bonds is 2. The average molecular weight is 210 g/mol. The van der Waals surface area contributed by atoms with E-state index >= 15 is 0 Å². The fraction of sp³-hybridized carbons (Fsp3) is 0.750. The van der Waals surface area contributed by atoms with Crippen LogP contribution in [0.5, 0.6) is 0 Å². The van der Waals surface area contributed by atoms with E-state index < -0.39 is 6.61 Å². The minimum Gasteiger partial charge on any atom is -0.498 e. The number of aliphatic hydroxyl groups excluding tert-OH is 1. The molecule has 0 amide bonds. The molecule has 1 aliphatic carbocycles. The Bertz CT molecular complexity index is 283. The van der Waals surface area contributed by atoms with Gasteiger partial charge in [0.1, 0.15) is 6.61 Å². The number of ketones is 1. The fourth-order valence-corrected chi connectivity index (χ4v) is 2.84. The predicted octanol–water partition coefficient (Wildman–Crippen LogP) is 1.66. The van der Waals surface area contributed by atoms with Crippen LogP contribution in [0.2, 0.25) is 0 Å².